The lowest BCUT2D eigenvalue weighted by molar-refractivity contribution is 0.0982. The van der Waals surface area contributed by atoms with Crippen molar-refractivity contribution in [2.45, 2.75) is 46.2 Å². The number of rotatable bonds is 5. The van der Waals surface area contributed by atoms with Crippen molar-refractivity contribution in [1.82, 2.24) is 14.7 Å². The van der Waals surface area contributed by atoms with Crippen LogP contribution in [0.5, 0.6) is 0 Å². The average molecular weight is 264 g/mol. The van der Waals surface area contributed by atoms with Crippen molar-refractivity contribution in [3.05, 3.63) is 18.0 Å². The molecule has 2 N–H and O–H groups in total. The Bertz CT molecular complexity index is 387. The van der Waals surface area contributed by atoms with E-state index in [0.29, 0.717) is 12.6 Å². The number of hydrogen-bond donors (Lipinski definition) is 1. The topological polar surface area (TPSA) is 47.1 Å². The van der Waals surface area contributed by atoms with E-state index in [4.69, 9.17) is 5.73 Å². The summed E-state index contributed by atoms with van der Waals surface area (Å²) in [6, 6.07) is 0.334. The van der Waals surface area contributed by atoms with Crippen LogP contribution in [0.15, 0.2) is 12.4 Å². The summed E-state index contributed by atoms with van der Waals surface area (Å²) in [5, 5.41) is 4.44. The number of nitrogens with two attached hydrogens (primary N) is 1. The number of nitrogens with zero attached hydrogens (tertiary/aromatic N) is 3. The zero-order chi connectivity index (χ0) is 13.8. The van der Waals surface area contributed by atoms with E-state index >= 15 is 0 Å². The molecule has 0 saturated carbocycles. The first kappa shape index (κ1) is 14.5. The summed E-state index contributed by atoms with van der Waals surface area (Å²) in [4.78, 5) is 2.54. The first-order valence-corrected chi connectivity index (χ1v) is 7.62. The second-order valence-electron chi connectivity index (χ2n) is 6.03. The smallest absolute Gasteiger partial charge is 0.0538 e. The first-order chi connectivity index (χ1) is 9.15. The zero-order valence-corrected chi connectivity index (χ0v) is 12.5. The third kappa shape index (κ3) is 3.37. The Morgan fingerprint density at radius 3 is 2.84 bits per heavy atom. The number of piperidine rings is 1. The molecule has 0 spiro atoms. The largest absolute Gasteiger partial charge is 0.329 e. The molecule has 1 saturated heterocycles. The maximum atomic E-state index is 6.02. The van der Waals surface area contributed by atoms with E-state index in [-0.39, 0.29) is 0 Å². The molecule has 1 fully saturated rings. The Kier molecular flexibility index (Phi) is 4.99. The highest BCUT2D eigenvalue weighted by molar-refractivity contribution is 5.12. The van der Waals surface area contributed by atoms with Crippen LogP contribution in [0.25, 0.3) is 0 Å². The molecule has 0 amide bonds. The van der Waals surface area contributed by atoms with Crippen LogP contribution in [0.2, 0.25) is 0 Å². The van der Waals surface area contributed by atoms with Gasteiger partial charge in [0.15, 0.2) is 0 Å². The molecule has 0 aliphatic carbocycles. The van der Waals surface area contributed by atoms with Crippen molar-refractivity contribution in [2.75, 3.05) is 19.6 Å². The van der Waals surface area contributed by atoms with Crippen molar-refractivity contribution in [2.24, 2.45) is 17.6 Å². The lowest BCUT2D eigenvalue weighted by Crippen LogP contribution is -2.43. The Morgan fingerprint density at radius 2 is 2.21 bits per heavy atom. The predicted molar refractivity (Wildman–Crippen MR) is 78.8 cm³/mol. The van der Waals surface area contributed by atoms with Gasteiger partial charge in [0.1, 0.15) is 0 Å². The molecule has 2 heterocycles. The van der Waals surface area contributed by atoms with E-state index in [1.54, 1.807) is 0 Å². The van der Waals surface area contributed by atoms with E-state index in [1.165, 1.54) is 12.0 Å². The summed E-state index contributed by atoms with van der Waals surface area (Å²) < 4.78 is 2.04. The minimum Gasteiger partial charge on any atom is -0.329 e. The summed E-state index contributed by atoms with van der Waals surface area (Å²) in [6.45, 7) is 10.9. The van der Waals surface area contributed by atoms with Gasteiger partial charge in [0.2, 0.25) is 0 Å². The van der Waals surface area contributed by atoms with Gasteiger partial charge in [0, 0.05) is 31.4 Å². The number of aryl methyl sites for hydroxylation is 1. The van der Waals surface area contributed by atoms with Crippen LogP contribution in [-0.4, -0.2) is 34.3 Å². The number of likely N-dealkylation sites (tertiary alicyclic amines) is 1. The molecule has 1 aromatic heterocycles. The Hall–Kier alpha value is -0.870. The highest BCUT2D eigenvalue weighted by Gasteiger charge is 2.28. The van der Waals surface area contributed by atoms with Gasteiger partial charge in [-0.2, -0.15) is 5.10 Å². The molecule has 19 heavy (non-hydrogen) atoms. The molecule has 1 aliphatic rings. The molecule has 1 aromatic rings. The van der Waals surface area contributed by atoms with Crippen molar-refractivity contribution in [3.8, 4) is 0 Å². The fraction of sp³-hybridized carbons (Fsp3) is 0.800. The molecule has 0 bridgehead atoms. The van der Waals surface area contributed by atoms with E-state index in [2.05, 4.69) is 37.0 Å². The molecular formula is C15H28N4. The standard InChI is InChI=1S/C15H28N4/c1-4-6-19-11-14(9-17-19)15(8-16)18-7-5-12(2)13(3)10-18/h9,11-13,15H,4-8,10,16H2,1-3H3. The van der Waals surface area contributed by atoms with E-state index in [1.807, 2.05) is 10.9 Å². The summed E-state index contributed by atoms with van der Waals surface area (Å²) in [7, 11) is 0. The minimum atomic E-state index is 0.334. The highest BCUT2D eigenvalue weighted by Crippen LogP contribution is 2.29. The van der Waals surface area contributed by atoms with Crippen molar-refractivity contribution in [3.63, 3.8) is 0 Å². The fourth-order valence-electron chi connectivity index (χ4n) is 2.98. The Balaban J connectivity index is 2.06. The molecule has 2 rings (SSSR count). The number of hydrogen-bond acceptors (Lipinski definition) is 3. The SMILES string of the molecule is CCCn1cc(C(CN)N2CCC(C)C(C)C2)cn1. The monoisotopic (exact) mass is 264 g/mol. The van der Waals surface area contributed by atoms with Crippen LogP contribution in [0, 0.1) is 11.8 Å². The molecule has 1 aliphatic heterocycles. The van der Waals surface area contributed by atoms with Gasteiger partial charge in [-0.1, -0.05) is 20.8 Å². The summed E-state index contributed by atoms with van der Waals surface area (Å²) in [5.74, 6) is 1.59. The maximum absolute atomic E-state index is 6.02. The van der Waals surface area contributed by atoms with Gasteiger partial charge in [-0.05, 0) is 31.2 Å². The van der Waals surface area contributed by atoms with Crippen LogP contribution in [-0.2, 0) is 6.54 Å². The molecule has 3 atom stereocenters. The molecule has 3 unspecified atom stereocenters. The summed E-state index contributed by atoms with van der Waals surface area (Å²) in [5.41, 5.74) is 7.30. The number of aromatic nitrogens is 2. The van der Waals surface area contributed by atoms with Gasteiger partial charge >= 0.3 is 0 Å². The van der Waals surface area contributed by atoms with E-state index in [0.717, 1.165) is 37.9 Å². The summed E-state index contributed by atoms with van der Waals surface area (Å²) in [6.07, 6.45) is 6.56. The van der Waals surface area contributed by atoms with Crippen LogP contribution in [0.4, 0.5) is 0 Å². The second kappa shape index (κ2) is 6.53. The normalized spacial score (nSPS) is 26.5. The van der Waals surface area contributed by atoms with E-state index in [9.17, 15) is 0 Å². The highest BCUT2D eigenvalue weighted by atomic mass is 15.3. The lowest BCUT2D eigenvalue weighted by Gasteiger charge is -2.39. The molecular weight excluding hydrogens is 236 g/mol. The molecule has 0 aromatic carbocycles. The van der Waals surface area contributed by atoms with Crippen LogP contribution >= 0.6 is 0 Å². The lowest BCUT2D eigenvalue weighted by atomic mass is 9.87. The van der Waals surface area contributed by atoms with Gasteiger partial charge in [0.25, 0.3) is 0 Å². The third-order valence-electron chi connectivity index (χ3n) is 4.52. The van der Waals surface area contributed by atoms with Gasteiger partial charge in [-0.3, -0.25) is 9.58 Å². The Morgan fingerprint density at radius 1 is 1.42 bits per heavy atom. The van der Waals surface area contributed by atoms with Crippen LogP contribution in [0.3, 0.4) is 0 Å². The predicted octanol–water partition coefficient (Wildman–Crippen LogP) is 2.27. The van der Waals surface area contributed by atoms with Crippen molar-refractivity contribution >= 4 is 0 Å². The fourth-order valence-corrected chi connectivity index (χ4v) is 2.98. The summed E-state index contributed by atoms with van der Waals surface area (Å²) >= 11 is 0. The van der Waals surface area contributed by atoms with Crippen molar-refractivity contribution in [1.29, 1.82) is 0 Å². The molecule has 4 heteroatoms. The minimum absolute atomic E-state index is 0.334. The van der Waals surface area contributed by atoms with Crippen molar-refractivity contribution < 1.29 is 0 Å². The zero-order valence-electron chi connectivity index (χ0n) is 12.5. The first-order valence-electron chi connectivity index (χ1n) is 7.62. The molecule has 0 radical (unpaired) electrons. The molecule has 108 valence electrons. The second-order valence-corrected chi connectivity index (χ2v) is 6.03. The van der Waals surface area contributed by atoms with Crippen LogP contribution in [0.1, 0.15) is 45.2 Å². The quantitative estimate of drug-likeness (QED) is 0.887. The van der Waals surface area contributed by atoms with E-state index < -0.39 is 0 Å². The van der Waals surface area contributed by atoms with Gasteiger partial charge in [-0.25, -0.2) is 0 Å². The Labute approximate surface area is 117 Å². The van der Waals surface area contributed by atoms with Gasteiger partial charge in [-0.15, -0.1) is 0 Å². The van der Waals surface area contributed by atoms with Gasteiger partial charge < -0.3 is 5.73 Å². The average Bonchev–Trinajstić information content (AvgIpc) is 2.83. The molecule has 4 nitrogen and oxygen atoms in total. The maximum Gasteiger partial charge on any atom is 0.0538 e. The third-order valence-corrected chi connectivity index (χ3v) is 4.52. The van der Waals surface area contributed by atoms with Crippen LogP contribution < -0.4 is 5.73 Å². The van der Waals surface area contributed by atoms with Gasteiger partial charge in [0.05, 0.1) is 12.2 Å².